The highest BCUT2D eigenvalue weighted by Gasteiger charge is 2.09. The summed E-state index contributed by atoms with van der Waals surface area (Å²) in [7, 11) is 0. The van der Waals surface area contributed by atoms with Gasteiger partial charge in [0.1, 0.15) is 0 Å². The zero-order valence-corrected chi connectivity index (χ0v) is 11.6. The van der Waals surface area contributed by atoms with Gasteiger partial charge in [0.15, 0.2) is 5.13 Å². The molecule has 0 unspecified atom stereocenters. The summed E-state index contributed by atoms with van der Waals surface area (Å²) in [5, 5.41) is 3.60. The van der Waals surface area contributed by atoms with Crippen LogP contribution in [0.4, 0.5) is 10.8 Å². The van der Waals surface area contributed by atoms with Crippen molar-refractivity contribution >= 4 is 55.6 Å². The predicted octanol–water partition coefficient (Wildman–Crippen LogP) is 3.39. The smallest absolute Gasteiger partial charge is 0.257 e. The second kappa shape index (κ2) is 5.03. The monoisotopic (exact) mass is 331 g/mol. The van der Waals surface area contributed by atoms with Crippen molar-refractivity contribution in [3.8, 4) is 0 Å². The molecule has 88 valence electrons. The number of carbonyl (C=O) groups excluding carboxylic acids is 1. The van der Waals surface area contributed by atoms with E-state index in [4.69, 9.17) is 17.3 Å². The molecule has 0 spiro atoms. The minimum atomic E-state index is -0.291. The molecule has 2 aromatic rings. The molecule has 3 N–H and O–H groups in total. The number of rotatable bonds is 2. The molecule has 1 heterocycles. The summed E-state index contributed by atoms with van der Waals surface area (Å²) in [6.07, 6.45) is 1.62. The maximum Gasteiger partial charge on any atom is 0.257 e. The number of anilines is 2. The topological polar surface area (TPSA) is 68.0 Å². The van der Waals surface area contributed by atoms with E-state index in [1.54, 1.807) is 24.4 Å². The fourth-order valence-corrected chi connectivity index (χ4v) is 2.57. The Kier molecular flexibility index (Phi) is 3.66. The largest absolute Gasteiger partial charge is 0.399 e. The van der Waals surface area contributed by atoms with Gasteiger partial charge in [0.2, 0.25) is 0 Å². The van der Waals surface area contributed by atoms with E-state index in [1.165, 1.54) is 11.3 Å². The first-order valence-corrected chi connectivity index (χ1v) is 6.52. The Hall–Kier alpha value is -1.11. The molecule has 0 aliphatic heterocycles. The number of nitrogens with one attached hydrogen (secondary N) is 1. The lowest BCUT2D eigenvalue weighted by molar-refractivity contribution is 0.102. The first kappa shape index (κ1) is 12.3. The average molecular weight is 333 g/mol. The highest BCUT2D eigenvalue weighted by atomic mass is 79.9. The third-order valence-corrected chi connectivity index (χ3v) is 3.49. The van der Waals surface area contributed by atoms with E-state index in [2.05, 4.69) is 26.2 Å². The van der Waals surface area contributed by atoms with Crippen LogP contribution >= 0.6 is 38.9 Å². The molecular formula is C10H7BrClN3OS. The number of nitrogens with two attached hydrogens (primary N) is 1. The predicted molar refractivity (Wildman–Crippen MR) is 73.6 cm³/mol. The summed E-state index contributed by atoms with van der Waals surface area (Å²) in [5.41, 5.74) is 6.46. The molecule has 0 radical (unpaired) electrons. The van der Waals surface area contributed by atoms with Crippen molar-refractivity contribution in [1.29, 1.82) is 0 Å². The molecule has 0 saturated heterocycles. The third-order valence-electron chi connectivity index (χ3n) is 1.88. The second-order valence-electron chi connectivity index (χ2n) is 3.20. The van der Waals surface area contributed by atoms with Gasteiger partial charge in [0.05, 0.1) is 9.98 Å². The minimum absolute atomic E-state index is 0.291. The van der Waals surface area contributed by atoms with Crippen molar-refractivity contribution in [3.05, 3.63) is 38.8 Å². The summed E-state index contributed by atoms with van der Waals surface area (Å²) < 4.78 is 0.846. The van der Waals surface area contributed by atoms with Gasteiger partial charge in [-0.2, -0.15) is 0 Å². The van der Waals surface area contributed by atoms with Gasteiger partial charge in [-0.25, -0.2) is 4.98 Å². The minimum Gasteiger partial charge on any atom is -0.399 e. The zero-order valence-electron chi connectivity index (χ0n) is 8.41. The molecule has 7 heteroatoms. The molecule has 0 atom stereocenters. The summed E-state index contributed by atoms with van der Waals surface area (Å²) in [6, 6.07) is 4.69. The van der Waals surface area contributed by atoms with E-state index in [-0.39, 0.29) is 5.91 Å². The van der Waals surface area contributed by atoms with Crippen LogP contribution in [-0.2, 0) is 0 Å². The first-order valence-electron chi connectivity index (χ1n) is 4.53. The van der Waals surface area contributed by atoms with Gasteiger partial charge in [0, 0.05) is 16.3 Å². The average Bonchev–Trinajstić information content (AvgIpc) is 2.62. The molecule has 2 rings (SSSR count). The zero-order chi connectivity index (χ0) is 12.4. The van der Waals surface area contributed by atoms with E-state index in [1.807, 2.05) is 0 Å². The Morgan fingerprint density at radius 2 is 2.24 bits per heavy atom. The molecule has 0 aliphatic rings. The maximum atomic E-state index is 11.9. The Labute approximate surface area is 115 Å². The number of amides is 1. The normalized spacial score (nSPS) is 10.2. The number of benzene rings is 1. The van der Waals surface area contributed by atoms with Crippen LogP contribution in [0.2, 0.25) is 5.02 Å². The first-order chi connectivity index (χ1) is 8.04. The molecule has 0 bridgehead atoms. The quantitative estimate of drug-likeness (QED) is 0.828. The Morgan fingerprint density at radius 1 is 1.47 bits per heavy atom. The number of halogens is 2. The Bertz CT molecular complexity index is 552. The summed E-state index contributed by atoms with van der Waals surface area (Å²) in [4.78, 5) is 15.9. The molecule has 1 aromatic carbocycles. The van der Waals surface area contributed by atoms with Crippen LogP contribution < -0.4 is 11.1 Å². The van der Waals surface area contributed by atoms with Crippen molar-refractivity contribution in [3.63, 3.8) is 0 Å². The lowest BCUT2D eigenvalue weighted by atomic mass is 10.2. The number of nitrogen functional groups attached to an aromatic ring is 1. The second-order valence-corrected chi connectivity index (χ2v) is 6.04. The van der Waals surface area contributed by atoms with Crippen molar-refractivity contribution in [2.45, 2.75) is 0 Å². The summed E-state index contributed by atoms with van der Waals surface area (Å²) in [5.74, 6) is -0.291. The molecule has 17 heavy (non-hydrogen) atoms. The van der Waals surface area contributed by atoms with Crippen molar-refractivity contribution in [2.24, 2.45) is 0 Å². The van der Waals surface area contributed by atoms with Gasteiger partial charge in [-0.05, 0) is 34.1 Å². The van der Waals surface area contributed by atoms with Crippen LogP contribution in [-0.4, -0.2) is 10.9 Å². The number of carbonyl (C=O) groups is 1. The van der Waals surface area contributed by atoms with Crippen LogP contribution in [0.1, 0.15) is 10.4 Å². The van der Waals surface area contributed by atoms with Gasteiger partial charge in [-0.15, -0.1) is 0 Å². The third kappa shape index (κ3) is 3.18. The highest BCUT2D eigenvalue weighted by molar-refractivity contribution is 9.11. The highest BCUT2D eigenvalue weighted by Crippen LogP contribution is 2.24. The SMILES string of the molecule is Nc1cc(Cl)cc(C(=O)Nc2ncc(Br)s2)c1. The molecule has 1 aromatic heterocycles. The van der Waals surface area contributed by atoms with Crippen molar-refractivity contribution in [2.75, 3.05) is 11.1 Å². The van der Waals surface area contributed by atoms with E-state index in [9.17, 15) is 4.79 Å². The van der Waals surface area contributed by atoms with Crippen LogP contribution in [0.25, 0.3) is 0 Å². The van der Waals surface area contributed by atoms with Gasteiger partial charge >= 0.3 is 0 Å². The summed E-state index contributed by atoms with van der Waals surface area (Å²) in [6.45, 7) is 0. The Balaban J connectivity index is 2.19. The van der Waals surface area contributed by atoms with Crippen molar-refractivity contribution < 1.29 is 4.79 Å². The fraction of sp³-hybridized carbons (Fsp3) is 0. The maximum absolute atomic E-state index is 11.9. The lowest BCUT2D eigenvalue weighted by Gasteiger charge is -2.03. The van der Waals surface area contributed by atoms with Gasteiger partial charge in [-0.3, -0.25) is 10.1 Å². The van der Waals surface area contributed by atoms with E-state index in [0.717, 1.165) is 3.79 Å². The van der Waals surface area contributed by atoms with Crippen LogP contribution in [0, 0.1) is 0 Å². The number of nitrogens with zero attached hydrogens (tertiary/aromatic N) is 1. The number of aromatic nitrogens is 1. The number of hydrogen-bond donors (Lipinski definition) is 2. The molecule has 4 nitrogen and oxygen atoms in total. The standard InChI is InChI=1S/C10H7BrClN3OS/c11-8-4-14-10(17-8)15-9(16)5-1-6(12)3-7(13)2-5/h1-4H,13H2,(H,14,15,16). The molecule has 0 saturated carbocycles. The Morgan fingerprint density at radius 3 is 2.82 bits per heavy atom. The fourth-order valence-electron chi connectivity index (χ4n) is 1.22. The van der Waals surface area contributed by atoms with E-state index < -0.39 is 0 Å². The van der Waals surface area contributed by atoms with Gasteiger partial charge in [0.25, 0.3) is 5.91 Å². The molecule has 1 amide bonds. The number of thiazole rings is 1. The lowest BCUT2D eigenvalue weighted by Crippen LogP contribution is -2.11. The van der Waals surface area contributed by atoms with Crippen molar-refractivity contribution in [1.82, 2.24) is 4.98 Å². The van der Waals surface area contributed by atoms with E-state index in [0.29, 0.717) is 21.4 Å². The molecule has 0 aliphatic carbocycles. The molecular weight excluding hydrogens is 326 g/mol. The van der Waals surface area contributed by atoms with Crippen LogP contribution in [0.3, 0.4) is 0 Å². The molecule has 0 fully saturated rings. The van der Waals surface area contributed by atoms with Gasteiger partial charge in [-0.1, -0.05) is 22.9 Å². The van der Waals surface area contributed by atoms with Crippen LogP contribution in [0.15, 0.2) is 28.2 Å². The van der Waals surface area contributed by atoms with E-state index >= 15 is 0 Å². The van der Waals surface area contributed by atoms with Crippen LogP contribution in [0.5, 0.6) is 0 Å². The summed E-state index contributed by atoms with van der Waals surface area (Å²) >= 11 is 10.4. The van der Waals surface area contributed by atoms with Gasteiger partial charge < -0.3 is 5.73 Å². The number of hydrogen-bond acceptors (Lipinski definition) is 4.